The maximum absolute atomic E-state index is 11.8. The summed E-state index contributed by atoms with van der Waals surface area (Å²) in [4.78, 5) is 13.5. The largest absolute Gasteiger partial charge is 0.391 e. The number of ether oxygens (including phenoxy) is 1. The van der Waals surface area contributed by atoms with Crippen molar-refractivity contribution < 1.29 is 14.6 Å². The fraction of sp³-hybridized carbons (Fsp3) is 0.909. The maximum atomic E-state index is 11.8. The third-order valence-electron chi connectivity index (χ3n) is 3.10. The van der Waals surface area contributed by atoms with Gasteiger partial charge in [0.25, 0.3) is 5.91 Å². The fourth-order valence-corrected chi connectivity index (χ4v) is 1.84. The van der Waals surface area contributed by atoms with Gasteiger partial charge in [0.2, 0.25) is 0 Å². The number of aliphatic hydroxyl groups excluding tert-OH is 1. The lowest BCUT2D eigenvalue weighted by atomic mass is 10.3. The van der Waals surface area contributed by atoms with Crippen LogP contribution in [0.15, 0.2) is 0 Å². The molecule has 86 valence electrons. The lowest BCUT2D eigenvalue weighted by molar-refractivity contribution is -0.142. The van der Waals surface area contributed by atoms with Crippen LogP contribution in [-0.4, -0.2) is 47.8 Å². The van der Waals surface area contributed by atoms with Crippen LogP contribution in [0, 0.1) is 5.92 Å². The summed E-state index contributed by atoms with van der Waals surface area (Å²) in [6, 6.07) is 0. The molecule has 1 unspecified atom stereocenters. The van der Waals surface area contributed by atoms with Gasteiger partial charge in [-0.2, -0.15) is 0 Å². The van der Waals surface area contributed by atoms with Crippen LogP contribution in [0.25, 0.3) is 0 Å². The topological polar surface area (TPSA) is 49.8 Å². The second kappa shape index (κ2) is 4.49. The zero-order valence-corrected chi connectivity index (χ0v) is 9.19. The van der Waals surface area contributed by atoms with E-state index in [2.05, 4.69) is 0 Å². The van der Waals surface area contributed by atoms with Crippen molar-refractivity contribution in [3.63, 3.8) is 0 Å². The Morgan fingerprint density at radius 1 is 1.53 bits per heavy atom. The van der Waals surface area contributed by atoms with Gasteiger partial charge >= 0.3 is 0 Å². The number of aliphatic hydroxyl groups is 1. The van der Waals surface area contributed by atoms with Crippen LogP contribution in [0.2, 0.25) is 0 Å². The first-order valence-corrected chi connectivity index (χ1v) is 5.75. The highest BCUT2D eigenvalue weighted by Crippen LogP contribution is 2.29. The first kappa shape index (κ1) is 10.9. The summed E-state index contributed by atoms with van der Waals surface area (Å²) < 4.78 is 5.50. The highest BCUT2D eigenvalue weighted by molar-refractivity contribution is 5.80. The minimum Gasteiger partial charge on any atom is -0.391 e. The highest BCUT2D eigenvalue weighted by Gasteiger charge is 2.29. The predicted octanol–water partition coefficient (Wildman–Crippen LogP) is 0.395. The van der Waals surface area contributed by atoms with Gasteiger partial charge in [0.15, 0.2) is 0 Å². The molecule has 1 saturated heterocycles. The minimum absolute atomic E-state index is 0.0206. The Balaban J connectivity index is 1.73. The van der Waals surface area contributed by atoms with Crippen molar-refractivity contribution in [2.24, 2.45) is 5.92 Å². The molecule has 2 fully saturated rings. The summed E-state index contributed by atoms with van der Waals surface area (Å²) in [7, 11) is 0. The van der Waals surface area contributed by atoms with E-state index >= 15 is 0 Å². The molecule has 1 heterocycles. The molecule has 1 aliphatic carbocycles. The van der Waals surface area contributed by atoms with Crippen molar-refractivity contribution in [3.05, 3.63) is 0 Å². The van der Waals surface area contributed by atoms with Crippen molar-refractivity contribution in [1.82, 2.24) is 4.90 Å². The monoisotopic (exact) mass is 213 g/mol. The second-order valence-electron chi connectivity index (χ2n) is 4.65. The molecule has 15 heavy (non-hydrogen) atoms. The van der Waals surface area contributed by atoms with Crippen LogP contribution in [-0.2, 0) is 9.53 Å². The summed E-state index contributed by atoms with van der Waals surface area (Å²) >= 11 is 0. The molecular formula is C11H19NO3. The quantitative estimate of drug-likeness (QED) is 0.735. The molecule has 0 spiro atoms. The number of hydrogen-bond donors (Lipinski definition) is 1. The molecule has 0 aromatic rings. The number of β-amino-alcohol motifs (C(OH)–C–C–N with tert-alkyl or cyclic N) is 1. The average molecular weight is 213 g/mol. The van der Waals surface area contributed by atoms with Crippen LogP contribution in [0.1, 0.15) is 26.2 Å². The summed E-state index contributed by atoms with van der Waals surface area (Å²) in [6.45, 7) is 3.64. The molecule has 1 aliphatic heterocycles. The van der Waals surface area contributed by atoms with Crippen LogP contribution < -0.4 is 0 Å². The van der Waals surface area contributed by atoms with Crippen LogP contribution in [0.3, 0.4) is 0 Å². The average Bonchev–Trinajstić information content (AvgIpc) is 2.95. The smallest absolute Gasteiger partial charge is 0.251 e. The summed E-state index contributed by atoms with van der Waals surface area (Å²) in [5, 5.41) is 9.32. The van der Waals surface area contributed by atoms with E-state index in [1.165, 1.54) is 12.8 Å². The number of amides is 1. The predicted molar refractivity (Wildman–Crippen MR) is 55.3 cm³/mol. The second-order valence-corrected chi connectivity index (χ2v) is 4.65. The third kappa shape index (κ3) is 2.92. The Labute approximate surface area is 90.2 Å². The number of carbonyl (C=O) groups is 1. The minimum atomic E-state index is -0.351. The first-order valence-electron chi connectivity index (χ1n) is 5.75. The van der Waals surface area contributed by atoms with E-state index in [0.29, 0.717) is 32.0 Å². The molecule has 1 saturated carbocycles. The van der Waals surface area contributed by atoms with E-state index in [0.717, 1.165) is 0 Å². The maximum Gasteiger partial charge on any atom is 0.251 e. The molecular weight excluding hydrogens is 194 g/mol. The van der Waals surface area contributed by atoms with E-state index in [1.807, 2.05) is 0 Å². The number of hydrogen-bond acceptors (Lipinski definition) is 3. The van der Waals surface area contributed by atoms with Crippen LogP contribution in [0.5, 0.6) is 0 Å². The zero-order chi connectivity index (χ0) is 10.8. The Kier molecular flexibility index (Phi) is 3.26. The Morgan fingerprint density at radius 2 is 2.27 bits per heavy atom. The molecule has 1 N–H and O–H groups in total. The molecule has 0 aromatic heterocycles. The summed E-state index contributed by atoms with van der Waals surface area (Å²) in [6.07, 6.45) is 2.48. The molecule has 2 atom stereocenters. The van der Waals surface area contributed by atoms with E-state index in [9.17, 15) is 9.90 Å². The van der Waals surface area contributed by atoms with Gasteiger partial charge in [-0.15, -0.1) is 0 Å². The molecule has 4 nitrogen and oxygen atoms in total. The standard InChI is InChI=1S/C11H19NO3/c1-8(15-7-9-2-3-9)11(14)12-5-4-10(13)6-12/h8-10,13H,2-7H2,1H3/t8?,10-/m1/s1. The molecule has 4 heteroatoms. The van der Waals surface area contributed by atoms with Crippen molar-refractivity contribution in [2.75, 3.05) is 19.7 Å². The van der Waals surface area contributed by atoms with Crippen molar-refractivity contribution in [3.8, 4) is 0 Å². The number of likely N-dealkylation sites (tertiary alicyclic amines) is 1. The fourth-order valence-electron chi connectivity index (χ4n) is 1.84. The van der Waals surface area contributed by atoms with Gasteiger partial charge in [0.1, 0.15) is 6.10 Å². The summed E-state index contributed by atoms with van der Waals surface area (Å²) in [5.41, 5.74) is 0. The SMILES string of the molecule is CC(OCC1CC1)C(=O)N1CC[C@@H](O)C1. The molecule has 0 radical (unpaired) electrons. The van der Waals surface area contributed by atoms with Crippen molar-refractivity contribution >= 4 is 5.91 Å². The molecule has 2 rings (SSSR count). The number of carbonyl (C=O) groups excluding carboxylic acids is 1. The van der Waals surface area contributed by atoms with Gasteiger partial charge in [-0.25, -0.2) is 0 Å². The Bertz CT molecular complexity index is 240. The molecule has 2 aliphatic rings. The van der Waals surface area contributed by atoms with Crippen molar-refractivity contribution in [2.45, 2.75) is 38.4 Å². The van der Waals surface area contributed by atoms with E-state index in [-0.39, 0.29) is 18.1 Å². The van der Waals surface area contributed by atoms with Gasteiger partial charge in [-0.1, -0.05) is 0 Å². The number of nitrogens with zero attached hydrogens (tertiary/aromatic N) is 1. The van der Waals surface area contributed by atoms with E-state index in [1.54, 1.807) is 11.8 Å². The van der Waals surface area contributed by atoms with Gasteiger partial charge in [-0.05, 0) is 32.1 Å². The van der Waals surface area contributed by atoms with E-state index < -0.39 is 0 Å². The van der Waals surface area contributed by atoms with Gasteiger partial charge in [0, 0.05) is 13.1 Å². The normalized spacial score (nSPS) is 28.1. The van der Waals surface area contributed by atoms with Crippen LogP contribution in [0.4, 0.5) is 0 Å². The third-order valence-corrected chi connectivity index (χ3v) is 3.10. The first-order chi connectivity index (χ1) is 7.16. The van der Waals surface area contributed by atoms with Crippen molar-refractivity contribution in [1.29, 1.82) is 0 Å². The lowest BCUT2D eigenvalue weighted by Gasteiger charge is -2.20. The zero-order valence-electron chi connectivity index (χ0n) is 9.19. The summed E-state index contributed by atoms with van der Waals surface area (Å²) in [5.74, 6) is 0.705. The van der Waals surface area contributed by atoms with Crippen LogP contribution >= 0.6 is 0 Å². The Hall–Kier alpha value is -0.610. The Morgan fingerprint density at radius 3 is 2.80 bits per heavy atom. The van der Waals surface area contributed by atoms with Gasteiger partial charge in [-0.3, -0.25) is 4.79 Å². The lowest BCUT2D eigenvalue weighted by Crippen LogP contribution is -2.38. The number of rotatable bonds is 4. The highest BCUT2D eigenvalue weighted by atomic mass is 16.5. The molecule has 0 bridgehead atoms. The molecule has 0 aromatic carbocycles. The van der Waals surface area contributed by atoms with E-state index in [4.69, 9.17) is 4.74 Å². The van der Waals surface area contributed by atoms with Gasteiger partial charge < -0.3 is 14.7 Å². The van der Waals surface area contributed by atoms with Gasteiger partial charge in [0.05, 0.1) is 12.7 Å². The molecule has 1 amide bonds.